The number of halogens is 6. The third-order valence-corrected chi connectivity index (χ3v) is 6.80. The standard InChI is InChI=1S/C31H35F6N3O6/c1-5-6-15-22(23(41)16-46-29(45)24-20(30(32,33)34)13-10-14-21(24)31(35,36)37)39-26(42)18(4)38-28(44)25(17(2)3)40-27(43)19-11-8-7-9-12-19/h7-14,17-18,22,25H,5-6,15-16H2,1-4H3,(H,38,44)(H,39,42)(H,40,43)/t18-,22-,25-/m0/s1. The molecule has 0 bridgehead atoms. The van der Waals surface area contributed by atoms with Gasteiger partial charge in [0.15, 0.2) is 12.4 Å². The summed E-state index contributed by atoms with van der Waals surface area (Å²) in [6.07, 6.45) is -9.78. The van der Waals surface area contributed by atoms with Crippen molar-refractivity contribution < 1.29 is 55.1 Å². The van der Waals surface area contributed by atoms with Crippen LogP contribution in [0.4, 0.5) is 26.3 Å². The van der Waals surface area contributed by atoms with Crippen LogP contribution >= 0.6 is 0 Å². The van der Waals surface area contributed by atoms with E-state index in [4.69, 9.17) is 0 Å². The number of rotatable bonds is 14. The van der Waals surface area contributed by atoms with Crippen molar-refractivity contribution in [2.24, 2.45) is 5.92 Å². The smallest absolute Gasteiger partial charge is 0.417 e. The molecule has 3 atom stereocenters. The Labute approximate surface area is 261 Å². The molecule has 9 nitrogen and oxygen atoms in total. The number of esters is 1. The van der Waals surface area contributed by atoms with E-state index in [-0.39, 0.29) is 18.6 Å². The number of hydrogen-bond acceptors (Lipinski definition) is 6. The Balaban J connectivity index is 2.14. The second-order valence-electron chi connectivity index (χ2n) is 10.8. The molecule has 46 heavy (non-hydrogen) atoms. The molecule has 3 amide bonds. The number of carbonyl (C=O) groups is 5. The Morgan fingerprint density at radius 1 is 0.761 bits per heavy atom. The zero-order chi connectivity index (χ0) is 34.8. The maximum absolute atomic E-state index is 13.4. The molecule has 252 valence electrons. The summed E-state index contributed by atoms with van der Waals surface area (Å²) in [6, 6.07) is 5.52. The molecule has 0 aliphatic carbocycles. The van der Waals surface area contributed by atoms with Crippen LogP contribution in [0.25, 0.3) is 0 Å². The van der Waals surface area contributed by atoms with Crippen molar-refractivity contribution in [1.29, 1.82) is 0 Å². The molecule has 0 unspecified atom stereocenters. The van der Waals surface area contributed by atoms with E-state index in [1.54, 1.807) is 51.1 Å². The molecule has 0 radical (unpaired) electrons. The highest BCUT2D eigenvalue weighted by atomic mass is 19.4. The number of ether oxygens (including phenoxy) is 1. The third kappa shape index (κ3) is 10.6. The Kier molecular flexibility index (Phi) is 13.3. The highest BCUT2D eigenvalue weighted by molar-refractivity contribution is 5.99. The molecular weight excluding hydrogens is 624 g/mol. The summed E-state index contributed by atoms with van der Waals surface area (Å²) in [4.78, 5) is 63.9. The van der Waals surface area contributed by atoms with Crippen molar-refractivity contribution in [2.75, 3.05) is 6.61 Å². The van der Waals surface area contributed by atoms with Gasteiger partial charge < -0.3 is 20.7 Å². The van der Waals surface area contributed by atoms with Crippen LogP contribution in [0.1, 0.15) is 78.8 Å². The highest BCUT2D eigenvalue weighted by Gasteiger charge is 2.43. The summed E-state index contributed by atoms with van der Waals surface area (Å²) in [5, 5.41) is 7.44. The largest absolute Gasteiger partial charge is 0.454 e. The van der Waals surface area contributed by atoms with E-state index < -0.39 is 89.2 Å². The van der Waals surface area contributed by atoms with Gasteiger partial charge >= 0.3 is 18.3 Å². The minimum Gasteiger partial charge on any atom is -0.454 e. The molecule has 0 fully saturated rings. The maximum Gasteiger partial charge on any atom is 0.417 e. The van der Waals surface area contributed by atoms with Crippen molar-refractivity contribution in [3.63, 3.8) is 0 Å². The lowest BCUT2D eigenvalue weighted by Gasteiger charge is -2.25. The molecule has 3 N–H and O–H groups in total. The van der Waals surface area contributed by atoms with Crippen molar-refractivity contribution in [3.8, 4) is 0 Å². The average Bonchev–Trinajstić information content (AvgIpc) is 2.99. The van der Waals surface area contributed by atoms with Crippen molar-refractivity contribution in [3.05, 3.63) is 70.8 Å². The van der Waals surface area contributed by atoms with E-state index >= 15 is 0 Å². The maximum atomic E-state index is 13.4. The van der Waals surface area contributed by atoms with Crippen molar-refractivity contribution >= 4 is 29.5 Å². The highest BCUT2D eigenvalue weighted by Crippen LogP contribution is 2.39. The van der Waals surface area contributed by atoms with Gasteiger partial charge in [-0.2, -0.15) is 26.3 Å². The van der Waals surface area contributed by atoms with Gasteiger partial charge in [0.1, 0.15) is 12.1 Å². The number of carbonyl (C=O) groups excluding carboxylic acids is 5. The van der Waals surface area contributed by atoms with Crippen LogP contribution in [0.15, 0.2) is 48.5 Å². The van der Waals surface area contributed by atoms with Crippen LogP contribution < -0.4 is 16.0 Å². The van der Waals surface area contributed by atoms with Crippen LogP contribution in [0.5, 0.6) is 0 Å². The summed E-state index contributed by atoms with van der Waals surface area (Å²) >= 11 is 0. The lowest BCUT2D eigenvalue weighted by Crippen LogP contribution is -2.56. The van der Waals surface area contributed by atoms with Crippen molar-refractivity contribution in [1.82, 2.24) is 16.0 Å². The molecule has 0 saturated carbocycles. The normalized spacial score (nSPS) is 13.7. The number of unbranched alkanes of at least 4 members (excludes halogenated alkanes) is 1. The minimum absolute atomic E-state index is 0.00597. The Bertz CT molecular complexity index is 1360. The van der Waals surface area contributed by atoms with Gasteiger partial charge in [0.05, 0.1) is 22.7 Å². The lowest BCUT2D eigenvalue weighted by molar-refractivity contribution is -0.144. The monoisotopic (exact) mass is 659 g/mol. The Morgan fingerprint density at radius 3 is 1.83 bits per heavy atom. The molecule has 0 heterocycles. The fourth-order valence-electron chi connectivity index (χ4n) is 4.29. The molecule has 0 aliphatic heterocycles. The van der Waals surface area contributed by atoms with E-state index in [2.05, 4.69) is 20.7 Å². The van der Waals surface area contributed by atoms with Crippen LogP contribution in [-0.4, -0.2) is 54.2 Å². The summed E-state index contributed by atoms with van der Waals surface area (Å²) in [5.74, 6) is -5.48. The average molecular weight is 660 g/mol. The van der Waals surface area contributed by atoms with Crippen LogP contribution in [0.2, 0.25) is 0 Å². The molecule has 2 aromatic rings. The minimum atomic E-state index is -5.34. The number of hydrogen-bond donors (Lipinski definition) is 3. The first-order valence-electron chi connectivity index (χ1n) is 14.3. The number of amides is 3. The summed E-state index contributed by atoms with van der Waals surface area (Å²) in [5.41, 5.74) is -5.26. The molecular formula is C31H35F6N3O6. The van der Waals surface area contributed by atoms with Gasteiger partial charge in [0.25, 0.3) is 5.91 Å². The fourth-order valence-corrected chi connectivity index (χ4v) is 4.29. The molecule has 0 saturated heterocycles. The van der Waals surface area contributed by atoms with Gasteiger partial charge in [-0.1, -0.05) is 57.9 Å². The van der Waals surface area contributed by atoms with Gasteiger partial charge in [-0.25, -0.2) is 4.79 Å². The first-order valence-corrected chi connectivity index (χ1v) is 14.3. The topological polar surface area (TPSA) is 131 Å². The molecule has 15 heteroatoms. The van der Waals surface area contributed by atoms with Gasteiger partial charge in [0, 0.05) is 5.56 Å². The second-order valence-corrected chi connectivity index (χ2v) is 10.8. The first-order chi connectivity index (χ1) is 21.4. The van der Waals surface area contributed by atoms with E-state index in [0.29, 0.717) is 24.5 Å². The van der Waals surface area contributed by atoms with E-state index in [1.807, 2.05) is 0 Å². The Morgan fingerprint density at radius 2 is 1.33 bits per heavy atom. The number of Topliss-reactive ketones (excluding diaryl/α,β-unsaturated/α-hetero) is 1. The number of alkyl halides is 6. The SMILES string of the molecule is CCCC[C@H](NC(=O)[C@H](C)NC(=O)[C@@H](NC(=O)c1ccccc1)C(C)C)C(=O)COC(=O)c1c(C(F)(F)F)cccc1C(F)(F)F. The lowest BCUT2D eigenvalue weighted by atomic mass is 10.00. The third-order valence-electron chi connectivity index (χ3n) is 6.80. The summed E-state index contributed by atoms with van der Waals surface area (Å²) in [7, 11) is 0. The van der Waals surface area contributed by atoms with Crippen LogP contribution in [0.3, 0.4) is 0 Å². The van der Waals surface area contributed by atoms with Crippen LogP contribution in [0, 0.1) is 5.92 Å². The van der Waals surface area contributed by atoms with Crippen LogP contribution in [-0.2, 0) is 31.5 Å². The van der Waals surface area contributed by atoms with Gasteiger partial charge in [-0.3, -0.25) is 19.2 Å². The van der Waals surface area contributed by atoms with Gasteiger partial charge in [-0.05, 0) is 43.5 Å². The number of benzene rings is 2. The predicted molar refractivity (Wildman–Crippen MR) is 153 cm³/mol. The summed E-state index contributed by atoms with van der Waals surface area (Å²) in [6.45, 7) is 5.17. The van der Waals surface area contributed by atoms with Crippen molar-refractivity contribution in [2.45, 2.75) is 77.4 Å². The molecule has 0 aliphatic rings. The zero-order valence-electron chi connectivity index (χ0n) is 25.5. The number of nitrogens with one attached hydrogen (secondary N) is 3. The molecule has 0 spiro atoms. The quantitative estimate of drug-likeness (QED) is 0.192. The Hall–Kier alpha value is -4.43. The van der Waals surface area contributed by atoms with Gasteiger partial charge in [-0.15, -0.1) is 0 Å². The van der Waals surface area contributed by atoms with E-state index in [1.165, 1.54) is 6.92 Å². The molecule has 0 aromatic heterocycles. The first kappa shape index (κ1) is 37.8. The second kappa shape index (κ2) is 16.2. The van der Waals surface area contributed by atoms with E-state index in [9.17, 15) is 50.3 Å². The summed E-state index contributed by atoms with van der Waals surface area (Å²) < 4.78 is 85.3. The van der Waals surface area contributed by atoms with E-state index in [0.717, 1.165) is 0 Å². The fraction of sp³-hybridized carbons (Fsp3) is 0.452. The molecule has 2 rings (SSSR count). The van der Waals surface area contributed by atoms with Gasteiger partial charge in [0.2, 0.25) is 11.8 Å². The number of ketones is 1. The predicted octanol–water partition coefficient (Wildman–Crippen LogP) is 5.08. The molecule has 2 aromatic carbocycles. The zero-order valence-corrected chi connectivity index (χ0v) is 25.5.